The third-order valence-electron chi connectivity index (χ3n) is 12.0. The average Bonchev–Trinajstić information content (AvgIpc) is 3.70. The molecule has 3 nitrogen and oxygen atoms in total. The first kappa shape index (κ1) is 37.6. The van der Waals surface area contributed by atoms with Crippen LogP contribution in [0.1, 0.15) is 0 Å². The zero-order valence-corrected chi connectivity index (χ0v) is 34.7. The maximum absolute atomic E-state index is 2.44. The molecule has 0 spiro atoms. The normalized spacial score (nSPS) is 11.2. The highest BCUT2D eigenvalue weighted by molar-refractivity contribution is 6.18. The van der Waals surface area contributed by atoms with Gasteiger partial charge in [0.2, 0.25) is 0 Å². The van der Waals surface area contributed by atoms with Gasteiger partial charge in [-0.1, -0.05) is 182 Å². The van der Waals surface area contributed by atoms with E-state index in [-0.39, 0.29) is 0 Å². The molecule has 1 heterocycles. The molecule has 3 heteroatoms. The summed E-state index contributed by atoms with van der Waals surface area (Å²) in [6.45, 7) is 0. The summed E-state index contributed by atoms with van der Waals surface area (Å²) in [5, 5.41) is 2.36. The summed E-state index contributed by atoms with van der Waals surface area (Å²) < 4.78 is 2.44. The van der Waals surface area contributed by atoms with Crippen molar-refractivity contribution in [3.8, 4) is 39.1 Å². The van der Waals surface area contributed by atoms with E-state index in [1.54, 1.807) is 0 Å². The van der Waals surface area contributed by atoms with E-state index in [0.717, 1.165) is 50.8 Å². The molecule has 11 rings (SSSR count). The molecule has 0 unspecified atom stereocenters. The maximum atomic E-state index is 2.44. The van der Waals surface area contributed by atoms with E-state index in [4.69, 9.17) is 0 Å². The van der Waals surface area contributed by atoms with Crippen molar-refractivity contribution in [1.29, 1.82) is 0 Å². The van der Waals surface area contributed by atoms with Crippen molar-refractivity contribution in [3.63, 3.8) is 0 Å². The van der Waals surface area contributed by atoms with Crippen LogP contribution in [0.25, 0.3) is 60.9 Å². The lowest BCUT2D eigenvalue weighted by Crippen LogP contribution is -2.14. The number of nitrogens with zero attached hydrogens (tertiary/aromatic N) is 3. The molecule has 1 aromatic heterocycles. The van der Waals surface area contributed by atoms with Crippen LogP contribution in [0.15, 0.2) is 261 Å². The van der Waals surface area contributed by atoms with Crippen LogP contribution in [0, 0.1) is 0 Å². The Balaban J connectivity index is 1.14. The van der Waals surface area contributed by atoms with E-state index in [1.165, 1.54) is 44.2 Å². The fraction of sp³-hybridized carbons (Fsp3) is 0. The molecular weight excluding hydrogens is 763 g/mol. The first-order chi connectivity index (χ1) is 31.3. The predicted molar refractivity (Wildman–Crippen MR) is 266 cm³/mol. The zero-order valence-electron chi connectivity index (χ0n) is 34.7. The minimum Gasteiger partial charge on any atom is -0.310 e. The summed E-state index contributed by atoms with van der Waals surface area (Å²) in [4.78, 5) is 4.80. The molecule has 0 aliphatic heterocycles. The third kappa shape index (κ3) is 7.22. The molecule has 0 saturated heterocycles. The molecule has 0 saturated carbocycles. The molecule has 0 aliphatic carbocycles. The van der Waals surface area contributed by atoms with Crippen molar-refractivity contribution in [2.45, 2.75) is 0 Å². The van der Waals surface area contributed by atoms with E-state index in [0.29, 0.717) is 0 Å². The standard InChI is InChI=1S/C60H43N3/c1-6-18-44(19-7-1)46-30-32-47(33-31-46)49-34-38-53(39-35-49)62(52-26-14-5-15-27-52)58-42-55(61(50-22-10-3-11-23-50)51-24-12-4-13-25-51)43-59-60(58)56-28-16-17-29-57(56)63(59)54-40-36-48(37-41-54)45-20-8-2-9-21-45/h1-43H. The van der Waals surface area contributed by atoms with Gasteiger partial charge in [0.1, 0.15) is 0 Å². The van der Waals surface area contributed by atoms with Gasteiger partial charge >= 0.3 is 0 Å². The van der Waals surface area contributed by atoms with Crippen molar-refractivity contribution in [3.05, 3.63) is 261 Å². The van der Waals surface area contributed by atoms with Gasteiger partial charge in [0.05, 0.1) is 22.4 Å². The highest BCUT2D eigenvalue weighted by atomic mass is 15.2. The number of fused-ring (bicyclic) bond motifs is 3. The van der Waals surface area contributed by atoms with Crippen molar-refractivity contribution < 1.29 is 0 Å². The van der Waals surface area contributed by atoms with Gasteiger partial charge in [0.15, 0.2) is 0 Å². The number of para-hydroxylation sites is 4. The van der Waals surface area contributed by atoms with E-state index in [9.17, 15) is 0 Å². The van der Waals surface area contributed by atoms with Crippen LogP contribution in [0.5, 0.6) is 0 Å². The SMILES string of the molecule is c1ccc(-c2ccc(-c3ccc(N(c4ccccc4)c4cc(N(c5ccccc5)c5ccccc5)cc5c4c4ccccc4n5-c4ccc(-c5ccccc5)cc4)cc3)cc2)cc1. The van der Waals surface area contributed by atoms with Crippen LogP contribution < -0.4 is 9.80 Å². The lowest BCUT2D eigenvalue weighted by Gasteiger charge is -2.30. The fourth-order valence-electron chi connectivity index (χ4n) is 8.97. The van der Waals surface area contributed by atoms with Crippen LogP contribution in [-0.2, 0) is 0 Å². The van der Waals surface area contributed by atoms with Crippen LogP contribution in [-0.4, -0.2) is 4.57 Å². The van der Waals surface area contributed by atoms with Gasteiger partial charge in [-0.15, -0.1) is 0 Å². The first-order valence-electron chi connectivity index (χ1n) is 21.5. The van der Waals surface area contributed by atoms with Gasteiger partial charge in [0.25, 0.3) is 0 Å². The maximum Gasteiger partial charge on any atom is 0.0583 e. The quantitative estimate of drug-likeness (QED) is 0.136. The van der Waals surface area contributed by atoms with Crippen LogP contribution >= 0.6 is 0 Å². The number of hydrogen-bond acceptors (Lipinski definition) is 2. The van der Waals surface area contributed by atoms with Gasteiger partial charge < -0.3 is 14.4 Å². The molecule has 63 heavy (non-hydrogen) atoms. The second kappa shape index (κ2) is 16.6. The van der Waals surface area contributed by atoms with Gasteiger partial charge in [-0.25, -0.2) is 0 Å². The molecular formula is C60H43N3. The topological polar surface area (TPSA) is 11.4 Å². The Morgan fingerprint density at radius 2 is 0.619 bits per heavy atom. The Kier molecular flexibility index (Phi) is 9.89. The number of rotatable bonds is 10. The Bertz CT molecular complexity index is 3230. The molecule has 11 aromatic rings. The number of aromatic nitrogens is 1. The van der Waals surface area contributed by atoms with Gasteiger partial charge in [-0.05, 0) is 112 Å². The lowest BCUT2D eigenvalue weighted by molar-refractivity contribution is 1.17. The molecule has 0 atom stereocenters. The monoisotopic (exact) mass is 805 g/mol. The highest BCUT2D eigenvalue weighted by Crippen LogP contribution is 2.48. The molecule has 0 fully saturated rings. The second-order valence-corrected chi connectivity index (χ2v) is 15.8. The number of benzene rings is 10. The molecule has 0 amide bonds. The Morgan fingerprint density at radius 3 is 1.11 bits per heavy atom. The van der Waals surface area contributed by atoms with E-state index >= 15 is 0 Å². The fourth-order valence-corrected chi connectivity index (χ4v) is 8.97. The average molecular weight is 806 g/mol. The van der Waals surface area contributed by atoms with E-state index in [1.807, 2.05) is 0 Å². The molecule has 10 aromatic carbocycles. The second-order valence-electron chi connectivity index (χ2n) is 15.8. The highest BCUT2D eigenvalue weighted by Gasteiger charge is 2.25. The Labute approximate surface area is 368 Å². The van der Waals surface area contributed by atoms with Gasteiger partial charge in [0, 0.05) is 39.2 Å². The molecule has 0 N–H and O–H groups in total. The third-order valence-corrected chi connectivity index (χ3v) is 12.0. The van der Waals surface area contributed by atoms with Crippen molar-refractivity contribution >= 4 is 55.9 Å². The van der Waals surface area contributed by atoms with Crippen LogP contribution in [0.3, 0.4) is 0 Å². The Hall–Kier alpha value is -8.40. The lowest BCUT2D eigenvalue weighted by atomic mass is 10.00. The summed E-state index contributed by atoms with van der Waals surface area (Å²) in [6, 6.07) is 93.8. The number of hydrogen-bond donors (Lipinski definition) is 0. The van der Waals surface area contributed by atoms with Crippen LogP contribution in [0.4, 0.5) is 34.1 Å². The Morgan fingerprint density at radius 1 is 0.254 bits per heavy atom. The van der Waals surface area contributed by atoms with Gasteiger partial charge in [-0.2, -0.15) is 0 Å². The van der Waals surface area contributed by atoms with E-state index < -0.39 is 0 Å². The van der Waals surface area contributed by atoms with Crippen LogP contribution in [0.2, 0.25) is 0 Å². The summed E-state index contributed by atoms with van der Waals surface area (Å²) in [5.74, 6) is 0. The minimum absolute atomic E-state index is 1.05. The summed E-state index contributed by atoms with van der Waals surface area (Å²) in [5.41, 5.74) is 17.0. The predicted octanol–water partition coefficient (Wildman–Crippen LogP) is 16.7. The summed E-state index contributed by atoms with van der Waals surface area (Å²) >= 11 is 0. The molecule has 0 aliphatic rings. The molecule has 298 valence electrons. The first-order valence-corrected chi connectivity index (χ1v) is 21.5. The van der Waals surface area contributed by atoms with Gasteiger partial charge in [-0.3, -0.25) is 0 Å². The zero-order chi connectivity index (χ0) is 42.0. The summed E-state index contributed by atoms with van der Waals surface area (Å²) in [6.07, 6.45) is 0. The summed E-state index contributed by atoms with van der Waals surface area (Å²) in [7, 11) is 0. The molecule has 0 bridgehead atoms. The van der Waals surface area contributed by atoms with Crippen molar-refractivity contribution in [1.82, 2.24) is 4.57 Å². The smallest absolute Gasteiger partial charge is 0.0583 e. The largest absolute Gasteiger partial charge is 0.310 e. The minimum atomic E-state index is 1.05. The van der Waals surface area contributed by atoms with E-state index in [2.05, 4.69) is 275 Å². The number of anilines is 6. The molecule has 0 radical (unpaired) electrons. The van der Waals surface area contributed by atoms with Crippen molar-refractivity contribution in [2.75, 3.05) is 9.80 Å². The van der Waals surface area contributed by atoms with Crippen molar-refractivity contribution in [2.24, 2.45) is 0 Å².